The van der Waals surface area contributed by atoms with Gasteiger partial charge in [-0.1, -0.05) is 6.92 Å². The van der Waals surface area contributed by atoms with Gasteiger partial charge < -0.3 is 4.90 Å². The molecule has 7 heteroatoms. The molecule has 118 valence electrons. The van der Waals surface area contributed by atoms with Gasteiger partial charge in [0, 0.05) is 30.9 Å². The molecule has 21 heavy (non-hydrogen) atoms. The van der Waals surface area contributed by atoms with E-state index in [1.165, 1.54) is 0 Å². The minimum absolute atomic E-state index is 0.0498. The third-order valence-corrected chi connectivity index (χ3v) is 5.67. The molecule has 1 fully saturated rings. The van der Waals surface area contributed by atoms with E-state index >= 15 is 0 Å². The third-order valence-electron chi connectivity index (χ3n) is 3.77. The van der Waals surface area contributed by atoms with Gasteiger partial charge in [-0.25, -0.2) is 23.1 Å². The summed E-state index contributed by atoms with van der Waals surface area (Å²) >= 11 is 0. The van der Waals surface area contributed by atoms with Gasteiger partial charge in [0.2, 0.25) is 10.0 Å². The van der Waals surface area contributed by atoms with E-state index in [0.29, 0.717) is 6.54 Å². The quantitative estimate of drug-likeness (QED) is 0.888. The van der Waals surface area contributed by atoms with Crippen LogP contribution >= 0.6 is 0 Å². The minimum atomic E-state index is -3.23. The van der Waals surface area contributed by atoms with E-state index in [9.17, 15) is 8.42 Å². The Morgan fingerprint density at radius 2 is 2.19 bits per heavy atom. The van der Waals surface area contributed by atoms with Crippen molar-refractivity contribution in [2.45, 2.75) is 51.3 Å². The maximum atomic E-state index is 12.0. The number of hydrogen-bond acceptors (Lipinski definition) is 5. The van der Waals surface area contributed by atoms with E-state index in [2.05, 4.69) is 26.5 Å². The van der Waals surface area contributed by atoms with Gasteiger partial charge in [0.25, 0.3) is 0 Å². The van der Waals surface area contributed by atoms with Gasteiger partial charge in [-0.2, -0.15) is 0 Å². The van der Waals surface area contributed by atoms with Crippen molar-refractivity contribution in [3.8, 4) is 0 Å². The van der Waals surface area contributed by atoms with Crippen LogP contribution in [0.5, 0.6) is 0 Å². The average molecular weight is 312 g/mol. The summed E-state index contributed by atoms with van der Waals surface area (Å²) < 4.78 is 26.8. The van der Waals surface area contributed by atoms with Crippen molar-refractivity contribution in [3.63, 3.8) is 0 Å². The van der Waals surface area contributed by atoms with Crippen LogP contribution in [0, 0.1) is 0 Å². The van der Waals surface area contributed by atoms with Crippen LogP contribution in [0.3, 0.4) is 0 Å². The normalized spacial score (nSPS) is 20.0. The molecule has 0 radical (unpaired) electrons. The number of piperidine rings is 1. The van der Waals surface area contributed by atoms with Gasteiger partial charge in [-0.3, -0.25) is 0 Å². The highest BCUT2D eigenvalue weighted by Crippen LogP contribution is 2.19. The van der Waals surface area contributed by atoms with Crippen LogP contribution in [-0.4, -0.2) is 42.8 Å². The highest BCUT2D eigenvalue weighted by atomic mass is 32.2. The van der Waals surface area contributed by atoms with Crippen LogP contribution in [0.25, 0.3) is 0 Å². The Labute approximate surface area is 127 Å². The Morgan fingerprint density at radius 1 is 1.43 bits per heavy atom. The second-order valence-corrected chi connectivity index (χ2v) is 7.99. The number of aromatic nitrogens is 2. The van der Waals surface area contributed by atoms with E-state index in [4.69, 9.17) is 0 Å². The van der Waals surface area contributed by atoms with Crippen LogP contribution < -0.4 is 9.62 Å². The molecule has 0 bridgehead atoms. The Kier molecular flexibility index (Phi) is 5.16. The highest BCUT2D eigenvalue weighted by molar-refractivity contribution is 7.90. The van der Waals surface area contributed by atoms with Crippen molar-refractivity contribution < 1.29 is 8.42 Å². The molecule has 0 saturated carbocycles. The monoisotopic (exact) mass is 312 g/mol. The van der Waals surface area contributed by atoms with Crippen molar-refractivity contribution in [1.29, 1.82) is 0 Å². The van der Waals surface area contributed by atoms with Gasteiger partial charge >= 0.3 is 0 Å². The van der Waals surface area contributed by atoms with Crippen molar-refractivity contribution >= 4 is 15.8 Å². The molecule has 0 amide bonds. The maximum Gasteiger partial charge on any atom is 0.214 e. The van der Waals surface area contributed by atoms with Crippen molar-refractivity contribution in [1.82, 2.24) is 14.7 Å². The Bertz CT molecular complexity index is 574. The zero-order valence-electron chi connectivity index (χ0n) is 12.9. The van der Waals surface area contributed by atoms with Crippen molar-refractivity contribution in [2.24, 2.45) is 0 Å². The lowest BCUT2D eigenvalue weighted by molar-refractivity contribution is 0.461. The molecule has 1 aliphatic heterocycles. The zero-order valence-corrected chi connectivity index (χ0v) is 13.7. The molecule has 1 atom stereocenters. The summed E-state index contributed by atoms with van der Waals surface area (Å²) in [5, 5.41) is -0.404. The molecule has 6 nitrogen and oxygen atoms in total. The van der Waals surface area contributed by atoms with Gasteiger partial charge in [-0.05, 0) is 33.1 Å². The molecule has 1 unspecified atom stereocenters. The molecule has 1 saturated heterocycles. The minimum Gasteiger partial charge on any atom is -0.355 e. The Hall–Kier alpha value is -1.21. The molecule has 1 aromatic rings. The van der Waals surface area contributed by atoms with E-state index in [1.54, 1.807) is 20.2 Å². The number of nitrogens with one attached hydrogen (secondary N) is 1. The first kappa shape index (κ1) is 16.2. The summed E-state index contributed by atoms with van der Waals surface area (Å²) in [7, 11) is -3.23. The Balaban J connectivity index is 2.07. The van der Waals surface area contributed by atoms with Gasteiger partial charge in [-0.15, -0.1) is 0 Å². The number of nitrogens with zero attached hydrogens (tertiary/aromatic N) is 3. The summed E-state index contributed by atoms with van der Waals surface area (Å²) in [6, 6.07) is 1.94. The van der Waals surface area contributed by atoms with Gasteiger partial charge in [0.05, 0.1) is 5.25 Å². The van der Waals surface area contributed by atoms with Crippen molar-refractivity contribution in [2.75, 3.05) is 18.0 Å². The summed E-state index contributed by atoms with van der Waals surface area (Å²) in [5.41, 5.74) is 1.00. The summed E-state index contributed by atoms with van der Waals surface area (Å²) in [6.45, 7) is 7.01. The fraction of sp³-hybridized carbons (Fsp3) is 0.714. The van der Waals surface area contributed by atoms with Crippen LogP contribution in [0.1, 0.15) is 39.3 Å². The second kappa shape index (κ2) is 6.70. The fourth-order valence-electron chi connectivity index (χ4n) is 2.40. The molecule has 0 spiro atoms. The fourth-order valence-corrected chi connectivity index (χ4v) is 3.33. The van der Waals surface area contributed by atoms with E-state index in [-0.39, 0.29) is 6.04 Å². The molecule has 1 N–H and O–H groups in total. The molecule has 1 aliphatic rings. The number of rotatable bonds is 5. The lowest BCUT2D eigenvalue weighted by atomic mass is 10.1. The topological polar surface area (TPSA) is 75.2 Å². The molecular formula is C14H24N4O2S. The van der Waals surface area contributed by atoms with Crippen LogP contribution in [0.15, 0.2) is 12.4 Å². The number of sulfonamides is 1. The smallest absolute Gasteiger partial charge is 0.214 e. The standard InChI is InChI=1S/C14H24N4O2S/c1-4-12-8-14(16-10-15-12)18-7-5-6-13(9-18)17-21(19,20)11(2)3/h8,10-11,13,17H,4-7,9H2,1-3H3. The third kappa shape index (κ3) is 4.14. The summed E-state index contributed by atoms with van der Waals surface area (Å²) in [5.74, 6) is 0.885. The summed E-state index contributed by atoms with van der Waals surface area (Å²) in [6.07, 6.45) is 4.27. The van der Waals surface area contributed by atoms with E-state index in [0.717, 1.165) is 37.3 Å². The summed E-state index contributed by atoms with van der Waals surface area (Å²) in [4.78, 5) is 10.7. The largest absolute Gasteiger partial charge is 0.355 e. The lowest BCUT2D eigenvalue weighted by Crippen LogP contribution is -2.49. The predicted molar refractivity (Wildman–Crippen MR) is 83.8 cm³/mol. The molecule has 0 aliphatic carbocycles. The van der Waals surface area contributed by atoms with Gasteiger partial charge in [0.15, 0.2) is 0 Å². The SMILES string of the molecule is CCc1cc(N2CCCC(NS(=O)(=O)C(C)C)C2)ncn1. The first-order valence-electron chi connectivity index (χ1n) is 7.49. The molecule has 1 aromatic heterocycles. The van der Waals surface area contributed by atoms with Crippen LogP contribution in [0.4, 0.5) is 5.82 Å². The number of aryl methyl sites for hydroxylation is 1. The zero-order chi connectivity index (χ0) is 15.5. The number of anilines is 1. The highest BCUT2D eigenvalue weighted by Gasteiger charge is 2.26. The molecule has 2 rings (SSSR count). The molecule has 2 heterocycles. The number of hydrogen-bond donors (Lipinski definition) is 1. The first-order valence-corrected chi connectivity index (χ1v) is 9.04. The first-order chi connectivity index (χ1) is 9.92. The maximum absolute atomic E-state index is 12.0. The second-order valence-electron chi connectivity index (χ2n) is 5.72. The molecule has 0 aromatic carbocycles. The van der Waals surface area contributed by atoms with E-state index < -0.39 is 15.3 Å². The van der Waals surface area contributed by atoms with Crippen LogP contribution in [0.2, 0.25) is 0 Å². The predicted octanol–water partition coefficient (Wildman–Crippen LogP) is 1.34. The van der Waals surface area contributed by atoms with Gasteiger partial charge in [0.1, 0.15) is 12.1 Å². The van der Waals surface area contributed by atoms with Crippen molar-refractivity contribution in [3.05, 3.63) is 18.1 Å². The average Bonchev–Trinajstić information content (AvgIpc) is 2.47. The van der Waals surface area contributed by atoms with E-state index in [1.807, 2.05) is 6.07 Å². The van der Waals surface area contributed by atoms with Crippen LogP contribution in [-0.2, 0) is 16.4 Å². The lowest BCUT2D eigenvalue weighted by Gasteiger charge is -2.34. The Morgan fingerprint density at radius 3 is 2.86 bits per heavy atom. The molecular weight excluding hydrogens is 288 g/mol.